The van der Waals surface area contributed by atoms with Crippen molar-refractivity contribution in [2.75, 3.05) is 23.3 Å². The quantitative estimate of drug-likeness (QED) is 0.877. The number of amides is 3. The van der Waals surface area contributed by atoms with E-state index in [1.807, 2.05) is 6.07 Å². The molecule has 1 saturated heterocycles. The second kappa shape index (κ2) is 7.61. The van der Waals surface area contributed by atoms with Gasteiger partial charge in [0.2, 0.25) is 5.91 Å². The molecular formula is C19H18FN3O2. The molecular weight excluding hydrogens is 321 g/mol. The van der Waals surface area contributed by atoms with Gasteiger partial charge in [-0.05, 0) is 35.9 Å². The number of carbonyl (C=O) groups is 2. The molecule has 2 aromatic carbocycles. The smallest absolute Gasteiger partial charge is 0.321 e. The minimum Gasteiger partial charge on any atom is -0.336 e. The van der Waals surface area contributed by atoms with Gasteiger partial charge in [-0.25, -0.2) is 9.18 Å². The number of hydrogen-bond acceptors (Lipinski definition) is 2. The fraction of sp³-hybridized carbons (Fsp3) is 0.158. The Bertz CT molecular complexity index is 820. The maximum absolute atomic E-state index is 13.1. The average Bonchev–Trinajstić information content (AvgIpc) is 3.01. The van der Waals surface area contributed by atoms with Gasteiger partial charge in [-0.1, -0.05) is 30.4 Å². The minimum atomic E-state index is -0.311. The van der Waals surface area contributed by atoms with E-state index in [1.165, 1.54) is 12.1 Å². The Labute approximate surface area is 145 Å². The lowest BCUT2D eigenvalue weighted by molar-refractivity contribution is -0.115. The predicted octanol–water partition coefficient (Wildman–Crippen LogP) is 3.40. The van der Waals surface area contributed by atoms with E-state index in [9.17, 15) is 14.0 Å². The largest absolute Gasteiger partial charge is 0.336 e. The molecule has 1 fully saturated rings. The van der Waals surface area contributed by atoms with Crippen molar-refractivity contribution in [3.05, 3.63) is 66.0 Å². The van der Waals surface area contributed by atoms with Crippen molar-refractivity contribution >= 4 is 29.4 Å². The summed E-state index contributed by atoms with van der Waals surface area (Å²) in [6, 6.07) is 13.2. The van der Waals surface area contributed by atoms with E-state index < -0.39 is 0 Å². The number of rotatable bonds is 5. The fourth-order valence-electron chi connectivity index (χ4n) is 2.59. The molecule has 0 unspecified atom stereocenters. The van der Waals surface area contributed by atoms with Crippen LogP contribution in [0.2, 0.25) is 0 Å². The Morgan fingerprint density at radius 1 is 1.24 bits per heavy atom. The van der Waals surface area contributed by atoms with E-state index in [2.05, 4.69) is 10.6 Å². The van der Waals surface area contributed by atoms with Crippen molar-refractivity contribution < 1.29 is 14.0 Å². The van der Waals surface area contributed by atoms with Gasteiger partial charge in [-0.2, -0.15) is 0 Å². The third-order valence-corrected chi connectivity index (χ3v) is 3.76. The van der Waals surface area contributed by atoms with Gasteiger partial charge in [0.25, 0.3) is 0 Å². The highest BCUT2D eigenvalue weighted by Gasteiger charge is 2.21. The lowest BCUT2D eigenvalue weighted by Crippen LogP contribution is -2.27. The van der Waals surface area contributed by atoms with Gasteiger partial charge in [-0.3, -0.25) is 9.69 Å². The van der Waals surface area contributed by atoms with Crippen LogP contribution in [0.4, 0.5) is 20.6 Å². The highest BCUT2D eigenvalue weighted by Crippen LogP contribution is 2.21. The summed E-state index contributed by atoms with van der Waals surface area (Å²) in [6.45, 7) is 1.22. The molecule has 128 valence electrons. The highest BCUT2D eigenvalue weighted by molar-refractivity contribution is 5.96. The van der Waals surface area contributed by atoms with E-state index in [0.717, 1.165) is 5.69 Å². The van der Waals surface area contributed by atoms with Crippen molar-refractivity contribution in [2.45, 2.75) is 6.42 Å². The van der Waals surface area contributed by atoms with Crippen LogP contribution in [0.25, 0.3) is 6.08 Å². The Morgan fingerprint density at radius 2 is 2.08 bits per heavy atom. The van der Waals surface area contributed by atoms with Gasteiger partial charge in [0, 0.05) is 30.9 Å². The summed E-state index contributed by atoms with van der Waals surface area (Å²) in [5.41, 5.74) is 2.07. The highest BCUT2D eigenvalue weighted by atomic mass is 19.1. The standard InChI is InChI=1S/C19H18FN3O2/c20-15-6-1-4-14(12-15)5-2-9-18(24)22-16-7-3-8-17(13-16)23-11-10-21-19(23)25/h1-8,12-13H,9-11H2,(H,21,25)(H,22,24)/b5-2+. The number of nitrogens with one attached hydrogen (secondary N) is 2. The Kier molecular flexibility index (Phi) is 5.09. The number of carbonyl (C=O) groups excluding carboxylic acids is 2. The molecule has 3 rings (SSSR count). The molecule has 0 aliphatic carbocycles. The number of benzene rings is 2. The van der Waals surface area contributed by atoms with Crippen LogP contribution in [0.15, 0.2) is 54.6 Å². The number of halogens is 1. The van der Waals surface area contributed by atoms with Crippen LogP contribution in [0.1, 0.15) is 12.0 Å². The summed E-state index contributed by atoms with van der Waals surface area (Å²) < 4.78 is 13.1. The van der Waals surface area contributed by atoms with Crippen LogP contribution in [0, 0.1) is 5.82 Å². The van der Waals surface area contributed by atoms with Crippen LogP contribution in [-0.2, 0) is 4.79 Å². The van der Waals surface area contributed by atoms with Gasteiger partial charge in [0.05, 0.1) is 0 Å². The van der Waals surface area contributed by atoms with Crippen molar-refractivity contribution in [3.8, 4) is 0 Å². The van der Waals surface area contributed by atoms with E-state index in [1.54, 1.807) is 47.4 Å². The molecule has 1 heterocycles. The van der Waals surface area contributed by atoms with Crippen LogP contribution >= 0.6 is 0 Å². The van der Waals surface area contributed by atoms with Gasteiger partial charge in [-0.15, -0.1) is 0 Å². The molecule has 3 amide bonds. The molecule has 0 radical (unpaired) electrons. The summed E-state index contributed by atoms with van der Waals surface area (Å²) in [7, 11) is 0. The first-order chi connectivity index (χ1) is 12.1. The molecule has 0 spiro atoms. The first kappa shape index (κ1) is 16.7. The van der Waals surface area contributed by atoms with Crippen LogP contribution in [-0.4, -0.2) is 25.0 Å². The first-order valence-electron chi connectivity index (χ1n) is 7.99. The van der Waals surface area contributed by atoms with Gasteiger partial charge < -0.3 is 10.6 Å². The van der Waals surface area contributed by atoms with E-state index in [0.29, 0.717) is 24.3 Å². The number of hydrogen-bond donors (Lipinski definition) is 2. The molecule has 0 bridgehead atoms. The van der Waals surface area contributed by atoms with Gasteiger partial charge >= 0.3 is 6.03 Å². The van der Waals surface area contributed by atoms with Crippen LogP contribution in [0.3, 0.4) is 0 Å². The monoisotopic (exact) mass is 339 g/mol. The minimum absolute atomic E-state index is 0.137. The molecule has 25 heavy (non-hydrogen) atoms. The molecule has 0 saturated carbocycles. The van der Waals surface area contributed by atoms with E-state index in [4.69, 9.17) is 0 Å². The average molecular weight is 339 g/mol. The van der Waals surface area contributed by atoms with Crippen LogP contribution < -0.4 is 15.5 Å². The number of urea groups is 1. The summed E-state index contributed by atoms with van der Waals surface area (Å²) in [5.74, 6) is -0.495. The zero-order valence-corrected chi connectivity index (χ0v) is 13.5. The zero-order chi connectivity index (χ0) is 17.6. The van der Waals surface area contributed by atoms with Crippen LogP contribution in [0.5, 0.6) is 0 Å². The molecule has 0 atom stereocenters. The molecule has 2 aromatic rings. The zero-order valence-electron chi connectivity index (χ0n) is 13.5. The maximum Gasteiger partial charge on any atom is 0.321 e. The van der Waals surface area contributed by atoms with Gasteiger partial charge in [0.1, 0.15) is 5.82 Å². The second-order valence-electron chi connectivity index (χ2n) is 5.64. The normalized spacial score (nSPS) is 14.0. The molecule has 1 aliphatic rings. The lowest BCUT2D eigenvalue weighted by atomic mass is 10.2. The third-order valence-electron chi connectivity index (χ3n) is 3.76. The summed E-state index contributed by atoms with van der Waals surface area (Å²) in [5, 5.41) is 5.54. The van der Waals surface area contributed by atoms with Crippen molar-refractivity contribution in [3.63, 3.8) is 0 Å². The predicted molar refractivity (Wildman–Crippen MR) is 95.9 cm³/mol. The molecule has 5 nitrogen and oxygen atoms in total. The molecule has 0 aromatic heterocycles. The number of anilines is 2. The Hall–Kier alpha value is -3.15. The third kappa shape index (κ3) is 4.44. The number of nitrogens with zero attached hydrogens (tertiary/aromatic N) is 1. The maximum atomic E-state index is 13.1. The summed E-state index contributed by atoms with van der Waals surface area (Å²) in [4.78, 5) is 25.4. The molecule has 6 heteroatoms. The Morgan fingerprint density at radius 3 is 2.84 bits per heavy atom. The van der Waals surface area contributed by atoms with Gasteiger partial charge in [0.15, 0.2) is 0 Å². The second-order valence-corrected chi connectivity index (χ2v) is 5.64. The summed E-state index contributed by atoms with van der Waals surface area (Å²) >= 11 is 0. The Balaban J connectivity index is 1.58. The van der Waals surface area contributed by atoms with E-state index >= 15 is 0 Å². The lowest BCUT2D eigenvalue weighted by Gasteiger charge is -2.15. The van der Waals surface area contributed by atoms with Crippen molar-refractivity contribution in [1.29, 1.82) is 0 Å². The van der Waals surface area contributed by atoms with E-state index in [-0.39, 0.29) is 24.2 Å². The first-order valence-corrected chi connectivity index (χ1v) is 7.99. The summed E-state index contributed by atoms with van der Waals surface area (Å²) in [6.07, 6.45) is 3.56. The van der Waals surface area contributed by atoms with Crippen molar-refractivity contribution in [2.24, 2.45) is 0 Å². The topological polar surface area (TPSA) is 61.4 Å². The molecule has 2 N–H and O–H groups in total. The fourth-order valence-corrected chi connectivity index (χ4v) is 2.59. The van der Waals surface area contributed by atoms with Crippen molar-refractivity contribution in [1.82, 2.24) is 5.32 Å². The SMILES string of the molecule is O=C(C/C=C/c1cccc(F)c1)Nc1cccc(N2CCNC2=O)c1. The molecule has 1 aliphatic heterocycles.